The summed E-state index contributed by atoms with van der Waals surface area (Å²) in [5, 5.41) is 1.24. The Bertz CT molecular complexity index is 661. The second kappa shape index (κ2) is 4.78. The van der Waals surface area contributed by atoms with E-state index in [9.17, 15) is 4.79 Å². The highest BCUT2D eigenvalue weighted by atomic mass is 32.1. The molecule has 0 aliphatic heterocycles. The Morgan fingerprint density at radius 1 is 1.33 bits per heavy atom. The van der Waals surface area contributed by atoms with Crippen molar-refractivity contribution in [3.63, 3.8) is 0 Å². The fourth-order valence-electron chi connectivity index (χ4n) is 1.56. The topological polar surface area (TPSA) is 42.7 Å². The van der Waals surface area contributed by atoms with Gasteiger partial charge in [0.2, 0.25) is 0 Å². The zero-order chi connectivity index (χ0) is 13.3. The molecule has 0 aliphatic rings. The van der Waals surface area contributed by atoms with E-state index in [-0.39, 0.29) is 5.63 Å². The third-order valence-electron chi connectivity index (χ3n) is 2.49. The molecule has 0 N–H and O–H groups in total. The molecule has 1 heterocycles. The van der Waals surface area contributed by atoms with Gasteiger partial charge in [-0.05, 0) is 36.8 Å². The molecule has 5 heteroatoms. The normalized spacial score (nSPS) is 10.4. The van der Waals surface area contributed by atoms with Gasteiger partial charge in [-0.3, -0.25) is 0 Å². The predicted molar refractivity (Wildman–Crippen MR) is 74.1 cm³/mol. The molecule has 0 fully saturated rings. The SMILES string of the molecule is Cc1cc(=O)oc2cc(OC(=S)N(C)C)ccc12. The van der Waals surface area contributed by atoms with Crippen molar-refractivity contribution in [2.75, 3.05) is 14.1 Å². The van der Waals surface area contributed by atoms with E-state index in [1.807, 2.05) is 13.0 Å². The van der Waals surface area contributed by atoms with Crippen LogP contribution in [0.1, 0.15) is 5.56 Å². The zero-order valence-corrected chi connectivity index (χ0v) is 11.2. The number of ether oxygens (including phenoxy) is 1. The first-order chi connectivity index (χ1) is 8.47. The van der Waals surface area contributed by atoms with Crippen LogP contribution < -0.4 is 10.4 Å². The summed E-state index contributed by atoms with van der Waals surface area (Å²) < 4.78 is 10.6. The molecule has 0 saturated carbocycles. The van der Waals surface area contributed by atoms with Crippen molar-refractivity contribution in [3.05, 3.63) is 40.2 Å². The summed E-state index contributed by atoms with van der Waals surface area (Å²) in [6.07, 6.45) is 0. The molecule has 4 nitrogen and oxygen atoms in total. The zero-order valence-electron chi connectivity index (χ0n) is 10.4. The van der Waals surface area contributed by atoms with Crippen molar-refractivity contribution in [2.24, 2.45) is 0 Å². The van der Waals surface area contributed by atoms with E-state index in [0.717, 1.165) is 10.9 Å². The van der Waals surface area contributed by atoms with Gasteiger partial charge in [0, 0.05) is 31.6 Å². The molecule has 2 rings (SSSR count). The smallest absolute Gasteiger partial charge is 0.336 e. The molecule has 0 radical (unpaired) electrons. The van der Waals surface area contributed by atoms with Crippen LogP contribution in [0.3, 0.4) is 0 Å². The van der Waals surface area contributed by atoms with Crippen LogP contribution in [-0.2, 0) is 0 Å². The first-order valence-electron chi connectivity index (χ1n) is 5.41. The molecule has 94 valence electrons. The Morgan fingerprint density at radius 3 is 2.72 bits per heavy atom. The summed E-state index contributed by atoms with van der Waals surface area (Å²) in [7, 11) is 3.60. The van der Waals surface area contributed by atoms with Gasteiger partial charge in [-0.15, -0.1) is 0 Å². The van der Waals surface area contributed by atoms with Gasteiger partial charge >= 0.3 is 5.63 Å². The lowest BCUT2D eigenvalue weighted by molar-refractivity contribution is 0.448. The molecule has 0 atom stereocenters. The lowest BCUT2D eigenvalue weighted by Crippen LogP contribution is -2.24. The lowest BCUT2D eigenvalue weighted by atomic mass is 10.1. The summed E-state index contributed by atoms with van der Waals surface area (Å²) in [4.78, 5) is 13.0. The van der Waals surface area contributed by atoms with Crippen molar-refractivity contribution < 1.29 is 9.15 Å². The van der Waals surface area contributed by atoms with E-state index in [0.29, 0.717) is 16.5 Å². The van der Waals surface area contributed by atoms with E-state index in [4.69, 9.17) is 21.4 Å². The van der Waals surface area contributed by atoms with Gasteiger partial charge in [-0.1, -0.05) is 0 Å². The molecule has 0 amide bonds. The van der Waals surface area contributed by atoms with Crippen LogP contribution in [0.25, 0.3) is 11.0 Å². The molecule has 18 heavy (non-hydrogen) atoms. The first-order valence-corrected chi connectivity index (χ1v) is 5.82. The molecule has 0 spiro atoms. The third kappa shape index (κ3) is 2.51. The number of hydrogen-bond donors (Lipinski definition) is 0. The van der Waals surface area contributed by atoms with Gasteiger partial charge < -0.3 is 14.1 Å². The van der Waals surface area contributed by atoms with E-state index >= 15 is 0 Å². The maximum atomic E-state index is 11.3. The van der Waals surface area contributed by atoms with Gasteiger partial charge in [-0.2, -0.15) is 0 Å². The Hall–Kier alpha value is -1.88. The molecule has 0 bridgehead atoms. The fourth-order valence-corrected chi connectivity index (χ4v) is 1.66. The summed E-state index contributed by atoms with van der Waals surface area (Å²) in [6.45, 7) is 1.87. The number of hydrogen-bond acceptors (Lipinski definition) is 4. The molecular formula is C13H13NO3S. The molecule has 1 aromatic carbocycles. The third-order valence-corrected chi connectivity index (χ3v) is 2.94. The minimum absolute atomic E-state index is 0.351. The average Bonchev–Trinajstić information content (AvgIpc) is 2.27. The molecular weight excluding hydrogens is 250 g/mol. The maximum Gasteiger partial charge on any atom is 0.336 e. The molecule has 0 unspecified atom stereocenters. The van der Waals surface area contributed by atoms with Crippen LogP contribution in [0.15, 0.2) is 33.5 Å². The number of fused-ring (bicyclic) bond motifs is 1. The van der Waals surface area contributed by atoms with Gasteiger partial charge in [0.1, 0.15) is 11.3 Å². The van der Waals surface area contributed by atoms with Crippen molar-refractivity contribution in [3.8, 4) is 5.75 Å². The van der Waals surface area contributed by atoms with Crippen molar-refractivity contribution in [2.45, 2.75) is 6.92 Å². The molecule has 1 aromatic heterocycles. The first kappa shape index (κ1) is 12.6. The van der Waals surface area contributed by atoms with Crippen molar-refractivity contribution in [1.82, 2.24) is 4.90 Å². The summed E-state index contributed by atoms with van der Waals surface area (Å²) >= 11 is 5.05. The minimum atomic E-state index is -0.368. The standard InChI is InChI=1S/C13H13NO3S/c1-8-6-12(15)17-11-7-9(4-5-10(8)11)16-13(18)14(2)3/h4-7H,1-3H3. The van der Waals surface area contributed by atoms with Gasteiger partial charge in [0.25, 0.3) is 5.17 Å². The van der Waals surface area contributed by atoms with Crippen molar-refractivity contribution in [1.29, 1.82) is 0 Å². The number of aryl methyl sites for hydroxylation is 1. The maximum absolute atomic E-state index is 11.3. The minimum Gasteiger partial charge on any atom is -0.432 e. The van der Waals surface area contributed by atoms with Crippen LogP contribution in [0.4, 0.5) is 0 Å². The summed E-state index contributed by atoms with van der Waals surface area (Å²) in [5.41, 5.74) is 1.01. The van der Waals surface area contributed by atoms with Crippen LogP contribution in [0.5, 0.6) is 5.75 Å². The Balaban J connectivity index is 2.44. The number of thiocarbonyl (C=S) groups is 1. The second-order valence-corrected chi connectivity index (χ2v) is 4.52. The van der Waals surface area contributed by atoms with Crippen LogP contribution in [0, 0.1) is 6.92 Å². The highest BCUT2D eigenvalue weighted by Gasteiger charge is 2.06. The number of rotatable bonds is 1. The average molecular weight is 263 g/mol. The largest absolute Gasteiger partial charge is 0.432 e. The van der Waals surface area contributed by atoms with Gasteiger partial charge in [-0.25, -0.2) is 4.79 Å². The number of benzene rings is 1. The summed E-state index contributed by atoms with van der Waals surface area (Å²) in [5.74, 6) is 0.551. The quantitative estimate of drug-likeness (QED) is 0.583. The van der Waals surface area contributed by atoms with Crippen LogP contribution in [-0.4, -0.2) is 24.2 Å². The van der Waals surface area contributed by atoms with Crippen molar-refractivity contribution >= 4 is 28.4 Å². The summed E-state index contributed by atoms with van der Waals surface area (Å²) in [6, 6.07) is 6.78. The highest BCUT2D eigenvalue weighted by molar-refractivity contribution is 7.80. The molecule has 2 aromatic rings. The van der Waals surface area contributed by atoms with E-state index < -0.39 is 0 Å². The van der Waals surface area contributed by atoms with Gasteiger partial charge in [0.15, 0.2) is 0 Å². The second-order valence-electron chi connectivity index (χ2n) is 4.17. The highest BCUT2D eigenvalue weighted by Crippen LogP contribution is 2.22. The Morgan fingerprint density at radius 2 is 2.06 bits per heavy atom. The predicted octanol–water partition coefficient (Wildman–Crippen LogP) is 2.33. The monoisotopic (exact) mass is 263 g/mol. The Kier molecular flexibility index (Phi) is 3.34. The van der Waals surface area contributed by atoms with Crippen LogP contribution in [0.2, 0.25) is 0 Å². The molecule has 0 saturated heterocycles. The number of nitrogens with zero attached hydrogens (tertiary/aromatic N) is 1. The van der Waals surface area contributed by atoms with Gasteiger partial charge in [0.05, 0.1) is 0 Å². The van der Waals surface area contributed by atoms with E-state index in [2.05, 4.69) is 0 Å². The lowest BCUT2D eigenvalue weighted by Gasteiger charge is -2.14. The fraction of sp³-hybridized carbons (Fsp3) is 0.231. The van der Waals surface area contributed by atoms with Crippen LogP contribution >= 0.6 is 12.2 Å². The molecule has 0 aliphatic carbocycles. The van der Waals surface area contributed by atoms with E-state index in [1.54, 1.807) is 31.1 Å². The Labute approximate surface area is 110 Å². The van der Waals surface area contributed by atoms with E-state index in [1.165, 1.54) is 6.07 Å².